The molecule has 0 bridgehead atoms. The molecule has 0 aromatic carbocycles. The zero-order valence-corrected chi connectivity index (χ0v) is 11.3. The molecule has 96 valence electrons. The van der Waals surface area contributed by atoms with Gasteiger partial charge >= 0.3 is 0 Å². The summed E-state index contributed by atoms with van der Waals surface area (Å²) in [6, 6.07) is 0.553. The van der Waals surface area contributed by atoms with Crippen LogP contribution in [0.5, 0.6) is 0 Å². The van der Waals surface area contributed by atoms with Crippen LogP contribution in [0.4, 0.5) is 0 Å². The van der Waals surface area contributed by atoms with Gasteiger partial charge in [-0.3, -0.25) is 4.90 Å². The van der Waals surface area contributed by atoms with Crippen LogP contribution in [-0.2, 0) is 4.57 Å². The maximum absolute atomic E-state index is 10.8. The SMILES string of the molecule is CC(C)N1CC[N+](C)(CCP(=O)([O-])O)CC1. The molecule has 0 radical (unpaired) electrons. The number of hydrogen-bond acceptors (Lipinski definition) is 3. The highest BCUT2D eigenvalue weighted by molar-refractivity contribution is 7.50. The monoisotopic (exact) mass is 250 g/mol. The van der Waals surface area contributed by atoms with Crippen molar-refractivity contribution >= 4 is 7.60 Å². The topological polar surface area (TPSA) is 63.6 Å². The van der Waals surface area contributed by atoms with Crippen LogP contribution in [0, 0.1) is 0 Å². The largest absolute Gasteiger partial charge is 0.778 e. The van der Waals surface area contributed by atoms with Gasteiger partial charge in [-0.05, 0) is 13.8 Å². The van der Waals surface area contributed by atoms with Crippen molar-refractivity contribution in [3.05, 3.63) is 0 Å². The Kier molecular flexibility index (Phi) is 4.55. The van der Waals surface area contributed by atoms with Gasteiger partial charge in [0.15, 0.2) is 0 Å². The van der Waals surface area contributed by atoms with Crippen molar-refractivity contribution in [1.82, 2.24) is 4.90 Å². The predicted molar refractivity (Wildman–Crippen MR) is 62.2 cm³/mol. The van der Waals surface area contributed by atoms with E-state index in [1.54, 1.807) is 0 Å². The minimum Gasteiger partial charge on any atom is -0.778 e. The van der Waals surface area contributed by atoms with E-state index >= 15 is 0 Å². The molecular weight excluding hydrogens is 227 g/mol. The fourth-order valence-electron chi connectivity index (χ4n) is 2.07. The van der Waals surface area contributed by atoms with Crippen LogP contribution in [0.3, 0.4) is 0 Å². The van der Waals surface area contributed by atoms with Crippen molar-refractivity contribution in [3.8, 4) is 0 Å². The highest BCUT2D eigenvalue weighted by Gasteiger charge is 2.30. The van der Waals surface area contributed by atoms with Gasteiger partial charge in [-0.2, -0.15) is 0 Å². The number of nitrogens with zero attached hydrogens (tertiary/aromatic N) is 2. The van der Waals surface area contributed by atoms with Gasteiger partial charge in [-0.25, -0.2) is 0 Å². The third-order valence-electron chi connectivity index (χ3n) is 3.51. The van der Waals surface area contributed by atoms with Crippen molar-refractivity contribution in [2.45, 2.75) is 19.9 Å². The molecule has 5 nitrogen and oxygen atoms in total. The molecule has 0 aliphatic carbocycles. The molecule has 1 N–H and O–H groups in total. The third-order valence-corrected chi connectivity index (χ3v) is 4.27. The summed E-state index contributed by atoms with van der Waals surface area (Å²) in [7, 11) is -2.03. The Bertz CT molecular complexity index is 269. The molecule has 16 heavy (non-hydrogen) atoms. The maximum Gasteiger partial charge on any atom is 0.138 e. The minimum absolute atomic E-state index is 0.106. The standard InChI is InChI=1S/C10H23N2O3P/c1-10(2)11-4-6-12(3,7-5-11)8-9-16(13,14)15/h10H,4-9H2,1-3H3,(H-,13,14,15). The smallest absolute Gasteiger partial charge is 0.138 e. The average molecular weight is 250 g/mol. The lowest BCUT2D eigenvalue weighted by atomic mass is 10.2. The second-order valence-electron chi connectivity index (χ2n) is 5.28. The normalized spacial score (nSPS) is 25.6. The van der Waals surface area contributed by atoms with Crippen LogP contribution >= 0.6 is 7.60 Å². The molecule has 0 aromatic rings. The predicted octanol–water partition coefficient (Wildman–Crippen LogP) is -0.297. The van der Waals surface area contributed by atoms with E-state index in [4.69, 9.17) is 4.89 Å². The van der Waals surface area contributed by atoms with Gasteiger partial charge < -0.3 is 18.8 Å². The quantitative estimate of drug-likeness (QED) is 0.550. The molecule has 1 atom stereocenters. The van der Waals surface area contributed by atoms with E-state index in [-0.39, 0.29) is 6.16 Å². The molecule has 0 amide bonds. The first-order valence-corrected chi connectivity index (χ1v) is 7.59. The van der Waals surface area contributed by atoms with Gasteiger partial charge in [0.2, 0.25) is 0 Å². The molecule has 1 heterocycles. The lowest BCUT2D eigenvalue weighted by molar-refractivity contribution is -0.911. The van der Waals surface area contributed by atoms with Crippen LogP contribution < -0.4 is 4.89 Å². The second kappa shape index (κ2) is 5.15. The van der Waals surface area contributed by atoms with E-state index in [2.05, 4.69) is 25.8 Å². The Balaban J connectivity index is 2.41. The Morgan fingerprint density at radius 3 is 2.31 bits per heavy atom. The summed E-state index contributed by atoms with van der Waals surface area (Å²) in [5, 5.41) is 0. The van der Waals surface area contributed by atoms with E-state index in [1.165, 1.54) is 0 Å². The van der Waals surface area contributed by atoms with E-state index < -0.39 is 7.60 Å². The Morgan fingerprint density at radius 1 is 1.44 bits per heavy atom. The van der Waals surface area contributed by atoms with Crippen LogP contribution in [0.2, 0.25) is 0 Å². The molecule has 0 aromatic heterocycles. The fourth-order valence-corrected chi connectivity index (χ4v) is 2.81. The summed E-state index contributed by atoms with van der Waals surface area (Å²) in [6.45, 7) is 8.79. The van der Waals surface area contributed by atoms with Gasteiger partial charge in [-0.1, -0.05) is 0 Å². The van der Waals surface area contributed by atoms with Gasteiger partial charge in [0.1, 0.15) is 7.60 Å². The summed E-state index contributed by atoms with van der Waals surface area (Å²) in [5.74, 6) is 0. The summed E-state index contributed by atoms with van der Waals surface area (Å²) < 4.78 is 11.5. The summed E-state index contributed by atoms with van der Waals surface area (Å²) in [5.41, 5.74) is 0. The molecule has 6 heteroatoms. The third kappa shape index (κ3) is 4.52. The van der Waals surface area contributed by atoms with Crippen molar-refractivity contribution in [2.24, 2.45) is 0 Å². The molecule has 1 aliphatic rings. The van der Waals surface area contributed by atoms with E-state index in [9.17, 15) is 9.46 Å². The van der Waals surface area contributed by atoms with E-state index in [0.717, 1.165) is 30.7 Å². The molecule has 1 saturated heterocycles. The first kappa shape index (κ1) is 14.1. The van der Waals surface area contributed by atoms with Crippen LogP contribution in [-0.4, -0.2) is 66.3 Å². The van der Waals surface area contributed by atoms with Gasteiger partial charge in [0.05, 0.1) is 32.8 Å². The van der Waals surface area contributed by atoms with Gasteiger partial charge in [-0.15, -0.1) is 0 Å². The number of rotatable bonds is 4. The Morgan fingerprint density at radius 2 is 1.94 bits per heavy atom. The first-order chi connectivity index (χ1) is 7.22. The Labute approximate surface area is 97.8 Å². The van der Waals surface area contributed by atoms with Crippen molar-refractivity contribution in [3.63, 3.8) is 0 Å². The fraction of sp³-hybridized carbons (Fsp3) is 1.00. The maximum atomic E-state index is 10.8. The molecule has 1 fully saturated rings. The summed E-state index contributed by atoms with van der Waals surface area (Å²) >= 11 is 0. The second-order valence-corrected chi connectivity index (χ2v) is 7.00. The van der Waals surface area contributed by atoms with Crippen molar-refractivity contribution in [1.29, 1.82) is 0 Å². The minimum atomic E-state index is -4.09. The summed E-state index contributed by atoms with van der Waals surface area (Å²) in [6.07, 6.45) is -0.106. The summed E-state index contributed by atoms with van der Waals surface area (Å²) in [4.78, 5) is 21.9. The van der Waals surface area contributed by atoms with Crippen LogP contribution in [0.1, 0.15) is 13.8 Å². The number of piperazine rings is 1. The highest BCUT2D eigenvalue weighted by atomic mass is 31.2. The lowest BCUT2D eigenvalue weighted by Crippen LogP contribution is -2.59. The molecule has 1 rings (SSSR count). The van der Waals surface area contributed by atoms with E-state index in [1.807, 2.05) is 0 Å². The van der Waals surface area contributed by atoms with Crippen molar-refractivity contribution in [2.75, 3.05) is 45.9 Å². The zero-order valence-electron chi connectivity index (χ0n) is 10.4. The molecule has 0 saturated carbocycles. The first-order valence-electron chi connectivity index (χ1n) is 5.82. The average Bonchev–Trinajstić information content (AvgIpc) is 2.15. The Hall–Kier alpha value is 0.0700. The number of likely N-dealkylation sites (N-methyl/N-ethyl adjacent to an activating group) is 1. The zero-order chi connectivity index (χ0) is 12.4. The van der Waals surface area contributed by atoms with E-state index in [0.29, 0.717) is 12.6 Å². The molecule has 1 unspecified atom stereocenters. The molecule has 0 spiro atoms. The lowest BCUT2D eigenvalue weighted by Gasteiger charge is -2.43. The number of hydrogen-bond donors (Lipinski definition) is 1. The van der Waals surface area contributed by atoms with Crippen LogP contribution in [0.15, 0.2) is 0 Å². The molecule has 1 aliphatic heterocycles. The van der Waals surface area contributed by atoms with Crippen molar-refractivity contribution < 1.29 is 18.8 Å². The highest BCUT2D eigenvalue weighted by Crippen LogP contribution is 2.29. The van der Waals surface area contributed by atoms with Crippen LogP contribution in [0.25, 0.3) is 0 Å². The number of quaternary nitrogens is 1. The molecular formula is C10H23N2O3P. The van der Waals surface area contributed by atoms with Gasteiger partial charge in [0, 0.05) is 19.1 Å². The van der Waals surface area contributed by atoms with Gasteiger partial charge in [0.25, 0.3) is 0 Å².